The van der Waals surface area contributed by atoms with E-state index in [1.165, 1.54) is 43.8 Å². The van der Waals surface area contributed by atoms with Crippen LogP contribution in [0.3, 0.4) is 0 Å². The number of aromatic nitrogens is 2. The Bertz CT molecular complexity index is 1830. The second-order valence-corrected chi connectivity index (χ2v) is 13.0. The molecule has 3 aliphatic rings. The number of carbonyl (C=O) groups is 2. The van der Waals surface area contributed by atoms with Crippen LogP contribution >= 0.6 is 23.2 Å². The average molecular weight is 726 g/mol. The number of hydrogen-bond donors (Lipinski definition) is 0. The van der Waals surface area contributed by atoms with Crippen LogP contribution in [0.15, 0.2) is 73.3 Å². The molecule has 0 N–H and O–H groups in total. The summed E-state index contributed by atoms with van der Waals surface area (Å²) in [7, 11) is 3.00. The van der Waals surface area contributed by atoms with Crippen molar-refractivity contribution >= 4 is 41.0 Å². The van der Waals surface area contributed by atoms with E-state index in [1.54, 1.807) is 42.5 Å². The fraction of sp³-hybridized carbons (Fsp3) is 0.333. The molecule has 0 radical (unpaired) electrons. The van der Waals surface area contributed by atoms with Gasteiger partial charge in [0.1, 0.15) is 28.1 Å². The molecule has 7 rings (SSSR count). The summed E-state index contributed by atoms with van der Waals surface area (Å²) in [6.45, 7) is 2.71. The highest BCUT2D eigenvalue weighted by molar-refractivity contribution is 6.35. The fourth-order valence-electron chi connectivity index (χ4n) is 6.36. The highest BCUT2D eigenvalue weighted by Gasteiger charge is 2.37. The van der Waals surface area contributed by atoms with Crippen molar-refractivity contribution in [1.29, 1.82) is 0 Å². The number of rotatable bonds is 11. The molecule has 4 aromatic rings. The number of piperidine rings is 3. The lowest BCUT2D eigenvalue weighted by atomic mass is 9.86. The number of halogens is 3. The van der Waals surface area contributed by atoms with Gasteiger partial charge in [-0.1, -0.05) is 41.4 Å². The topological polar surface area (TPSA) is 117 Å². The van der Waals surface area contributed by atoms with Crippen molar-refractivity contribution in [3.63, 3.8) is 0 Å². The molecule has 5 heterocycles. The predicted molar refractivity (Wildman–Crippen MR) is 183 cm³/mol. The lowest BCUT2D eigenvalue weighted by Gasteiger charge is -2.44. The summed E-state index contributed by atoms with van der Waals surface area (Å²) >= 11 is 12.8. The lowest BCUT2D eigenvalue weighted by Crippen LogP contribution is -2.53. The molecule has 2 atom stereocenters. The van der Waals surface area contributed by atoms with Crippen molar-refractivity contribution in [2.45, 2.75) is 38.0 Å². The Balaban J connectivity index is 1.22. The van der Waals surface area contributed by atoms with Crippen molar-refractivity contribution < 1.29 is 37.7 Å². The van der Waals surface area contributed by atoms with Gasteiger partial charge in [0, 0.05) is 24.6 Å². The molecule has 1 amide bonds. The Morgan fingerprint density at radius 1 is 1.02 bits per heavy atom. The minimum atomic E-state index is -0.892. The number of methoxy groups -OCH3 is 2. The van der Waals surface area contributed by atoms with Gasteiger partial charge >= 0.3 is 12.1 Å². The number of hydrogen-bond acceptors (Lipinski definition) is 9. The van der Waals surface area contributed by atoms with Crippen molar-refractivity contribution in [1.82, 2.24) is 9.88 Å². The van der Waals surface area contributed by atoms with E-state index in [2.05, 4.69) is 9.88 Å². The molecule has 14 heteroatoms. The van der Waals surface area contributed by atoms with Gasteiger partial charge in [0.25, 0.3) is 0 Å². The first-order valence-electron chi connectivity index (χ1n) is 16.0. The first kappa shape index (κ1) is 35.2. The molecule has 2 bridgehead atoms. The quantitative estimate of drug-likeness (QED) is 0.0964. The third-order valence-electron chi connectivity index (χ3n) is 9.08. The normalized spacial score (nSPS) is 18.6. The number of amides is 1. The maximum atomic E-state index is 14.2. The molecule has 262 valence electrons. The van der Waals surface area contributed by atoms with E-state index < -0.39 is 24.0 Å². The zero-order valence-electron chi connectivity index (χ0n) is 27.4. The number of anilines is 1. The predicted octanol–water partition coefficient (Wildman–Crippen LogP) is 6.56. The van der Waals surface area contributed by atoms with E-state index in [0.717, 1.165) is 32.1 Å². The number of benzene rings is 2. The van der Waals surface area contributed by atoms with Crippen LogP contribution in [0.25, 0.3) is 0 Å². The van der Waals surface area contributed by atoms with Crippen LogP contribution < -0.4 is 19.1 Å². The number of fused-ring (bicyclic) bond motifs is 3. The summed E-state index contributed by atoms with van der Waals surface area (Å²) in [4.78, 5) is 34.7. The largest absolute Gasteiger partial charge is 0.619 e. The number of ether oxygens (including phenoxy) is 4. The molecule has 50 heavy (non-hydrogen) atoms. The van der Waals surface area contributed by atoms with Gasteiger partial charge in [-0.2, -0.15) is 4.73 Å². The first-order valence-corrected chi connectivity index (χ1v) is 16.8. The minimum Gasteiger partial charge on any atom is -0.619 e. The third-order valence-corrected chi connectivity index (χ3v) is 9.73. The number of esters is 1. The zero-order chi connectivity index (χ0) is 35.4. The molecule has 0 spiro atoms. The molecule has 3 aliphatic heterocycles. The van der Waals surface area contributed by atoms with Gasteiger partial charge in [0.2, 0.25) is 0 Å². The summed E-state index contributed by atoms with van der Waals surface area (Å²) in [6, 6.07) is 12.8. The van der Waals surface area contributed by atoms with Crippen LogP contribution in [-0.2, 0) is 22.4 Å². The van der Waals surface area contributed by atoms with Gasteiger partial charge in [-0.3, -0.25) is 14.8 Å². The van der Waals surface area contributed by atoms with Gasteiger partial charge in [-0.15, -0.1) is 0 Å². The van der Waals surface area contributed by atoms with Crippen LogP contribution in [0.4, 0.5) is 14.9 Å². The highest BCUT2D eigenvalue weighted by atomic mass is 35.5. The lowest BCUT2D eigenvalue weighted by molar-refractivity contribution is -0.605. The molecule has 2 aromatic carbocycles. The van der Waals surface area contributed by atoms with Crippen molar-refractivity contribution in [2.24, 2.45) is 5.92 Å². The highest BCUT2D eigenvalue weighted by Crippen LogP contribution is 2.36. The molecule has 0 aliphatic carbocycles. The summed E-state index contributed by atoms with van der Waals surface area (Å²) < 4.78 is 37.5. The summed E-state index contributed by atoms with van der Waals surface area (Å²) in [5.41, 5.74) is 2.12. The molecule has 2 aromatic heterocycles. The molecule has 3 fully saturated rings. The van der Waals surface area contributed by atoms with E-state index in [-0.39, 0.29) is 40.4 Å². The van der Waals surface area contributed by atoms with Crippen LogP contribution in [-0.4, -0.2) is 61.9 Å². The summed E-state index contributed by atoms with van der Waals surface area (Å²) in [5.74, 6) is -0.0395. The van der Waals surface area contributed by atoms with Crippen LogP contribution in [0, 0.1) is 16.9 Å². The number of pyridine rings is 2. The van der Waals surface area contributed by atoms with E-state index >= 15 is 0 Å². The number of nitrogens with zero attached hydrogens (tertiary/aromatic N) is 4. The number of carbonyl (C=O) groups excluding carboxylic acids is 2. The SMILES string of the molecule is COc1ccc(C(Cc2c(Cl)c[n+]([O-])cc2Cl)OC(=O)c2ccc(CN(C(=O)O[C@H]3CN4CCC3CC4)c3cncc(F)c3)cc2)cc1OC. The summed E-state index contributed by atoms with van der Waals surface area (Å²) in [5, 5.41) is 12.1. The van der Waals surface area contributed by atoms with Gasteiger partial charge < -0.3 is 24.2 Å². The van der Waals surface area contributed by atoms with E-state index in [1.807, 2.05) is 0 Å². The van der Waals surface area contributed by atoms with Gasteiger partial charge in [0.05, 0.1) is 44.4 Å². The first-order chi connectivity index (χ1) is 24.1. The second kappa shape index (κ2) is 15.5. The smallest absolute Gasteiger partial charge is 0.414 e. The standard InChI is InChI=1S/C36H35Cl2FN4O7/c1-47-31-8-7-25(13-33(31)48-2)32(15-28-29(37)19-42(46)20-30(28)38)49-35(44)24-5-3-22(4-6-24)18-43(27-14-26(39)16-40-17-27)36(45)50-34-21-41-11-9-23(34)10-12-41/h3-8,13-14,16-17,19-20,23,32,34H,9-12,15,18,21H2,1-2H3/t32?,34-/m0/s1. The van der Waals surface area contributed by atoms with Crippen molar-refractivity contribution in [2.75, 3.05) is 38.8 Å². The third kappa shape index (κ3) is 8.04. The Kier molecular flexibility index (Phi) is 10.9. The van der Waals surface area contributed by atoms with Crippen LogP contribution in [0.2, 0.25) is 10.0 Å². The Hall–Kier alpha value is -4.65. The molecule has 3 saturated heterocycles. The van der Waals surface area contributed by atoms with Crippen LogP contribution in [0.5, 0.6) is 11.5 Å². The van der Waals surface area contributed by atoms with Crippen molar-refractivity contribution in [3.05, 3.63) is 117 Å². The monoisotopic (exact) mass is 724 g/mol. The maximum absolute atomic E-state index is 14.2. The second-order valence-electron chi connectivity index (χ2n) is 12.2. The zero-order valence-corrected chi connectivity index (χ0v) is 28.9. The minimum absolute atomic E-state index is 0.0411. The van der Waals surface area contributed by atoms with Crippen molar-refractivity contribution in [3.8, 4) is 11.5 Å². The fourth-order valence-corrected chi connectivity index (χ4v) is 6.96. The molecular formula is C36H35Cl2FN4O7. The van der Waals surface area contributed by atoms with Gasteiger partial charge in [0.15, 0.2) is 23.9 Å². The molecule has 11 nitrogen and oxygen atoms in total. The molecule has 0 saturated carbocycles. The van der Waals surface area contributed by atoms with E-state index in [0.29, 0.717) is 45.4 Å². The average Bonchev–Trinajstić information content (AvgIpc) is 3.11. The Labute approximate surface area is 298 Å². The summed E-state index contributed by atoms with van der Waals surface area (Å²) in [6.07, 6.45) is 5.07. The van der Waals surface area contributed by atoms with E-state index in [9.17, 15) is 19.2 Å². The van der Waals surface area contributed by atoms with Crippen LogP contribution in [0.1, 0.15) is 46.0 Å². The Morgan fingerprint density at radius 3 is 2.34 bits per heavy atom. The Morgan fingerprint density at radius 2 is 1.72 bits per heavy atom. The molecule has 1 unspecified atom stereocenters. The van der Waals surface area contributed by atoms with Gasteiger partial charge in [-0.05, 0) is 67.2 Å². The van der Waals surface area contributed by atoms with Gasteiger partial charge in [-0.25, -0.2) is 14.0 Å². The molecular weight excluding hydrogens is 690 g/mol. The van der Waals surface area contributed by atoms with E-state index in [4.69, 9.17) is 42.1 Å². The maximum Gasteiger partial charge on any atom is 0.414 e.